The van der Waals surface area contributed by atoms with E-state index in [-0.39, 0.29) is 70.4 Å². The Morgan fingerprint density at radius 1 is 1.12 bits per heavy atom. The molecule has 2 aromatic rings. The molecule has 2 aliphatic carbocycles. The minimum atomic E-state index is -1.01. The summed E-state index contributed by atoms with van der Waals surface area (Å²) < 4.78 is 0. The van der Waals surface area contributed by atoms with Crippen molar-refractivity contribution in [1.29, 1.82) is 0 Å². The molecule has 8 nitrogen and oxygen atoms in total. The molecule has 1 aromatic carbocycles. The number of thioether (sulfide) groups is 1. The molecule has 2 amide bonds. The molecule has 0 unspecified atom stereocenters. The van der Waals surface area contributed by atoms with Crippen LogP contribution in [0.4, 0.5) is 5.69 Å². The van der Waals surface area contributed by atoms with Crippen molar-refractivity contribution in [3.05, 3.63) is 44.4 Å². The number of H-pyrrole nitrogens is 1. The van der Waals surface area contributed by atoms with Gasteiger partial charge in [0, 0.05) is 42.4 Å². The number of carboxylic acid groups (broad SMARTS) is 1. The Balaban J connectivity index is 1.40. The standard InChI is InChI=1S/C24H25N3O5S2/c1-26(2)11-5-3-10(4-6-11)15-16-12-9-13(19(16)33-21-20(15)34-24(32)25-21)18-17(12)22(30)27(23(18)31)8-7-14(28)29/h3-6,12-13,15-19H,7-9H2,1-2H3,(H,25,32)(H,28,29)/t12-,13+,15+,16+,17+,18+,19-/m0/s1. The quantitative estimate of drug-likeness (QED) is 0.608. The molecule has 1 aromatic heterocycles. The number of carbonyl (C=O) groups excluding carboxylic acids is 2. The van der Waals surface area contributed by atoms with Crippen LogP contribution < -0.4 is 9.77 Å². The number of carbonyl (C=O) groups is 3. The monoisotopic (exact) mass is 499 g/mol. The van der Waals surface area contributed by atoms with Gasteiger partial charge in [-0.1, -0.05) is 23.5 Å². The van der Waals surface area contributed by atoms with E-state index < -0.39 is 5.97 Å². The van der Waals surface area contributed by atoms with Gasteiger partial charge in [-0.25, -0.2) is 0 Å². The number of hydrogen-bond donors (Lipinski definition) is 2. The van der Waals surface area contributed by atoms with Crippen molar-refractivity contribution < 1.29 is 19.5 Å². The topological polar surface area (TPSA) is 111 Å². The molecule has 0 radical (unpaired) electrons. The molecule has 3 fully saturated rings. The molecule has 3 heterocycles. The summed E-state index contributed by atoms with van der Waals surface area (Å²) in [6, 6.07) is 8.39. The highest BCUT2D eigenvalue weighted by Crippen LogP contribution is 2.68. The van der Waals surface area contributed by atoms with Gasteiger partial charge in [-0.3, -0.25) is 24.1 Å². The fourth-order valence-corrected chi connectivity index (χ4v) is 9.75. The second kappa shape index (κ2) is 7.71. The van der Waals surface area contributed by atoms with E-state index in [1.165, 1.54) is 16.2 Å². The number of imide groups is 1. The fraction of sp³-hybridized carbons (Fsp3) is 0.500. The maximum atomic E-state index is 13.3. The molecule has 34 heavy (non-hydrogen) atoms. The predicted octanol–water partition coefficient (Wildman–Crippen LogP) is 2.45. The SMILES string of the molecule is CN(C)c1ccc([C@H]2c3sc(=O)[nH]c3S[C@H]3[C@@H]4C[C@H]([C@H]5C(=O)N(CCC(=O)O)C(=O)[C@H]45)[C@H]23)cc1. The number of benzene rings is 1. The van der Waals surface area contributed by atoms with Crippen molar-refractivity contribution >= 4 is 46.6 Å². The Bertz CT molecular complexity index is 1250. The zero-order chi connectivity index (χ0) is 23.9. The lowest BCUT2D eigenvalue weighted by molar-refractivity contribution is -0.142. The highest BCUT2D eigenvalue weighted by atomic mass is 32.2. The maximum Gasteiger partial charge on any atom is 0.305 e. The summed E-state index contributed by atoms with van der Waals surface area (Å²) in [6.07, 6.45) is 0.598. The van der Waals surface area contributed by atoms with Crippen LogP contribution >= 0.6 is 23.1 Å². The Morgan fingerprint density at radius 2 is 1.79 bits per heavy atom. The summed E-state index contributed by atoms with van der Waals surface area (Å²) >= 11 is 2.91. The molecule has 10 heteroatoms. The van der Waals surface area contributed by atoms with Gasteiger partial charge in [0.25, 0.3) is 0 Å². The van der Waals surface area contributed by atoms with Crippen LogP contribution in [0.5, 0.6) is 0 Å². The molecule has 4 aliphatic rings. The van der Waals surface area contributed by atoms with Crippen LogP contribution in [0, 0.1) is 29.6 Å². The van der Waals surface area contributed by atoms with E-state index in [0.29, 0.717) is 0 Å². The van der Waals surface area contributed by atoms with Crippen molar-refractivity contribution in [1.82, 2.24) is 9.88 Å². The van der Waals surface area contributed by atoms with Crippen LogP contribution in [0.25, 0.3) is 0 Å². The number of nitrogens with one attached hydrogen (secondary N) is 1. The summed E-state index contributed by atoms with van der Waals surface area (Å²) in [4.78, 5) is 57.1. The van der Waals surface area contributed by atoms with Crippen LogP contribution in [0.3, 0.4) is 0 Å². The summed E-state index contributed by atoms with van der Waals surface area (Å²) in [5.74, 6) is -1.94. The first-order valence-corrected chi connectivity index (χ1v) is 13.2. The number of fused-ring (bicyclic) bond motifs is 9. The van der Waals surface area contributed by atoms with Crippen molar-refractivity contribution in [3.8, 4) is 0 Å². The van der Waals surface area contributed by atoms with Gasteiger partial charge in [-0.05, 0) is 41.9 Å². The second-order valence-electron chi connectivity index (χ2n) is 9.92. The van der Waals surface area contributed by atoms with Crippen molar-refractivity contribution in [2.45, 2.75) is 29.0 Å². The molecule has 2 saturated carbocycles. The Hall–Kier alpha value is -2.59. The first kappa shape index (κ1) is 21.9. The first-order valence-electron chi connectivity index (χ1n) is 11.5. The van der Waals surface area contributed by atoms with E-state index in [1.54, 1.807) is 11.8 Å². The normalized spacial score (nSPS) is 33.1. The summed E-state index contributed by atoms with van der Waals surface area (Å²) in [7, 11) is 3.99. The minimum absolute atomic E-state index is 0.00617. The number of carboxylic acids is 1. The molecule has 2 N–H and O–H groups in total. The van der Waals surface area contributed by atoms with Crippen molar-refractivity contribution in [3.63, 3.8) is 0 Å². The molecular weight excluding hydrogens is 474 g/mol. The zero-order valence-electron chi connectivity index (χ0n) is 18.8. The Labute approximate surface area is 204 Å². The zero-order valence-corrected chi connectivity index (χ0v) is 20.4. The molecule has 6 rings (SSSR count). The number of nitrogens with zero attached hydrogens (tertiary/aromatic N) is 2. The number of thiazole rings is 1. The minimum Gasteiger partial charge on any atom is -0.481 e. The lowest BCUT2D eigenvalue weighted by atomic mass is 9.68. The average molecular weight is 500 g/mol. The molecule has 1 saturated heterocycles. The number of aliphatic carboxylic acids is 1. The molecule has 0 spiro atoms. The van der Waals surface area contributed by atoms with Crippen LogP contribution in [0.1, 0.15) is 29.2 Å². The van der Waals surface area contributed by atoms with Gasteiger partial charge in [0.2, 0.25) is 11.8 Å². The summed E-state index contributed by atoms with van der Waals surface area (Å²) in [5.41, 5.74) is 2.22. The number of hydrogen-bond acceptors (Lipinski definition) is 7. The number of anilines is 1. The third-order valence-electron chi connectivity index (χ3n) is 8.13. The van der Waals surface area contributed by atoms with Gasteiger partial charge in [0.05, 0.1) is 23.3 Å². The highest BCUT2D eigenvalue weighted by Gasteiger charge is 2.69. The number of aromatic nitrogens is 1. The van der Waals surface area contributed by atoms with E-state index in [2.05, 4.69) is 29.2 Å². The van der Waals surface area contributed by atoms with E-state index >= 15 is 0 Å². The highest BCUT2D eigenvalue weighted by molar-refractivity contribution is 8.00. The van der Waals surface area contributed by atoms with E-state index in [4.69, 9.17) is 5.11 Å². The largest absolute Gasteiger partial charge is 0.481 e. The predicted molar refractivity (Wildman–Crippen MR) is 128 cm³/mol. The van der Waals surface area contributed by atoms with E-state index in [9.17, 15) is 19.2 Å². The number of aromatic amines is 1. The number of amides is 2. The van der Waals surface area contributed by atoms with Crippen molar-refractivity contribution in [2.75, 3.05) is 25.5 Å². The molecule has 2 aliphatic heterocycles. The van der Waals surface area contributed by atoms with Crippen molar-refractivity contribution in [2.24, 2.45) is 29.6 Å². The van der Waals surface area contributed by atoms with Crippen LogP contribution in [0.15, 0.2) is 34.1 Å². The summed E-state index contributed by atoms with van der Waals surface area (Å²) in [6.45, 7) is -0.0575. The smallest absolute Gasteiger partial charge is 0.305 e. The van der Waals surface area contributed by atoms with Gasteiger partial charge in [-0.15, -0.1) is 11.8 Å². The molecule has 2 bridgehead atoms. The number of rotatable bonds is 5. The van der Waals surface area contributed by atoms with Gasteiger partial charge in [0.15, 0.2) is 0 Å². The Morgan fingerprint density at radius 3 is 2.44 bits per heavy atom. The van der Waals surface area contributed by atoms with Gasteiger partial charge in [-0.2, -0.15) is 0 Å². The number of likely N-dealkylation sites (tertiary alicyclic amines) is 1. The van der Waals surface area contributed by atoms with Crippen LogP contribution in [0.2, 0.25) is 0 Å². The third kappa shape index (κ3) is 3.04. The first-order chi connectivity index (χ1) is 16.3. The molecular formula is C24H25N3O5S2. The van der Waals surface area contributed by atoms with Gasteiger partial charge in [0.1, 0.15) is 0 Å². The molecule has 178 valence electrons. The lowest BCUT2D eigenvalue weighted by Gasteiger charge is -2.43. The third-order valence-corrected chi connectivity index (χ3v) is 10.7. The Kier molecular flexibility index (Phi) is 4.97. The maximum absolute atomic E-state index is 13.3. The lowest BCUT2D eigenvalue weighted by Crippen LogP contribution is -2.42. The fourth-order valence-electron chi connectivity index (χ4n) is 6.86. The van der Waals surface area contributed by atoms with E-state index in [0.717, 1.165) is 27.6 Å². The van der Waals surface area contributed by atoms with Crippen LogP contribution in [-0.4, -0.2) is 58.7 Å². The average Bonchev–Trinajstić information content (AvgIpc) is 3.51. The molecule has 7 atom stereocenters. The second-order valence-corrected chi connectivity index (χ2v) is 12.1. The summed E-state index contributed by atoms with van der Waals surface area (Å²) in [5, 5.41) is 10.1. The van der Waals surface area contributed by atoms with Crippen LogP contribution in [-0.2, 0) is 14.4 Å². The van der Waals surface area contributed by atoms with Gasteiger partial charge < -0.3 is 15.0 Å². The van der Waals surface area contributed by atoms with E-state index in [1.807, 2.05) is 19.0 Å². The van der Waals surface area contributed by atoms with Gasteiger partial charge >= 0.3 is 10.8 Å².